The van der Waals surface area contributed by atoms with E-state index in [4.69, 9.17) is 4.52 Å². The smallest absolute Gasteiger partial charge is 0.312 e. The van der Waals surface area contributed by atoms with Crippen LogP contribution in [0.25, 0.3) is 0 Å². The van der Waals surface area contributed by atoms with Gasteiger partial charge in [-0.05, 0) is 12.8 Å². The molecule has 0 amide bonds. The second-order valence-electron chi connectivity index (χ2n) is 3.00. The molecule has 0 aliphatic heterocycles. The first kappa shape index (κ1) is 14.9. The Hall–Kier alpha value is 0.890. The Kier molecular flexibility index (Phi) is 9.72. The van der Waals surface area contributed by atoms with E-state index < -0.39 is 5.77 Å². The van der Waals surface area contributed by atoms with Crippen LogP contribution in [0.2, 0.25) is 0 Å². The van der Waals surface area contributed by atoms with E-state index in [-0.39, 0.29) is 0 Å². The first-order valence-electron chi connectivity index (χ1n) is 5.13. The van der Waals surface area contributed by atoms with Gasteiger partial charge in [0.25, 0.3) is 0 Å². The molecule has 0 aromatic rings. The molecule has 2 nitrogen and oxygen atoms in total. The van der Waals surface area contributed by atoms with E-state index in [0.717, 1.165) is 37.2 Å². The molecule has 86 valence electrons. The third-order valence-electron chi connectivity index (χ3n) is 1.72. The van der Waals surface area contributed by atoms with Crippen LogP contribution in [-0.2, 0) is 9.09 Å². The molecule has 0 unspecified atom stereocenters. The van der Waals surface area contributed by atoms with Crippen molar-refractivity contribution in [2.75, 3.05) is 18.6 Å². The summed E-state index contributed by atoms with van der Waals surface area (Å²) in [6.45, 7) is 4.28. The van der Waals surface area contributed by atoms with Crippen LogP contribution in [0.15, 0.2) is 0 Å². The molecular formula is C9H21O2PS2. The molecule has 0 saturated heterocycles. The Bertz CT molecular complexity index is 162. The minimum atomic E-state index is -2.43. The zero-order chi connectivity index (χ0) is 10.9. The van der Waals surface area contributed by atoms with Gasteiger partial charge in [0.2, 0.25) is 0 Å². The standard InChI is InChI=1S/C9H21O2PS2/c1-4-6-8-13-12(10,11-3)14-9-7-5-2/h4-9H2,1-3H3. The fourth-order valence-electron chi connectivity index (χ4n) is 0.784. The third-order valence-corrected chi connectivity index (χ3v) is 9.52. The zero-order valence-electron chi connectivity index (χ0n) is 9.32. The van der Waals surface area contributed by atoms with Gasteiger partial charge in [-0.3, -0.25) is 4.57 Å². The van der Waals surface area contributed by atoms with Crippen molar-refractivity contribution < 1.29 is 9.09 Å². The predicted octanol–water partition coefficient (Wildman–Crippen LogP) is 4.81. The third kappa shape index (κ3) is 7.22. The minimum absolute atomic E-state index is 0.945. The van der Waals surface area contributed by atoms with E-state index in [9.17, 15) is 4.57 Å². The molecule has 0 aromatic heterocycles. The van der Waals surface area contributed by atoms with Crippen LogP contribution in [0, 0.1) is 0 Å². The Balaban J connectivity index is 3.74. The summed E-state index contributed by atoms with van der Waals surface area (Å²) in [5.41, 5.74) is 0. The molecule has 5 heteroatoms. The van der Waals surface area contributed by atoms with Gasteiger partial charge >= 0.3 is 5.77 Å². The average Bonchev–Trinajstić information content (AvgIpc) is 2.19. The van der Waals surface area contributed by atoms with Gasteiger partial charge in [0.15, 0.2) is 0 Å². The number of unbranched alkanes of at least 4 members (excludes halogenated alkanes) is 2. The van der Waals surface area contributed by atoms with E-state index in [2.05, 4.69) is 13.8 Å². The predicted molar refractivity (Wildman–Crippen MR) is 69.3 cm³/mol. The van der Waals surface area contributed by atoms with Gasteiger partial charge < -0.3 is 4.52 Å². The highest BCUT2D eigenvalue weighted by Crippen LogP contribution is 2.69. The molecule has 0 heterocycles. The summed E-state index contributed by atoms with van der Waals surface area (Å²) in [6.07, 6.45) is 4.53. The lowest BCUT2D eigenvalue weighted by Gasteiger charge is -2.13. The second kappa shape index (κ2) is 9.14. The summed E-state index contributed by atoms with van der Waals surface area (Å²) >= 11 is 2.99. The van der Waals surface area contributed by atoms with Crippen molar-refractivity contribution in [2.45, 2.75) is 39.5 Å². The van der Waals surface area contributed by atoms with Crippen molar-refractivity contribution >= 4 is 28.5 Å². The van der Waals surface area contributed by atoms with Crippen LogP contribution in [0.3, 0.4) is 0 Å². The summed E-state index contributed by atoms with van der Waals surface area (Å²) in [4.78, 5) is 0. The van der Waals surface area contributed by atoms with E-state index in [0.29, 0.717) is 0 Å². The Labute approximate surface area is 95.9 Å². The molecule has 0 aliphatic carbocycles. The molecule has 0 aliphatic rings. The lowest BCUT2D eigenvalue weighted by atomic mass is 10.4. The van der Waals surface area contributed by atoms with Gasteiger partial charge in [0, 0.05) is 18.6 Å². The van der Waals surface area contributed by atoms with Gasteiger partial charge in [-0.25, -0.2) is 0 Å². The molecular weight excluding hydrogens is 235 g/mol. The van der Waals surface area contributed by atoms with Crippen LogP contribution in [0.1, 0.15) is 39.5 Å². The minimum Gasteiger partial charge on any atom is -0.317 e. The summed E-state index contributed by atoms with van der Waals surface area (Å²) < 4.78 is 17.1. The Morgan fingerprint density at radius 2 is 1.50 bits per heavy atom. The van der Waals surface area contributed by atoms with E-state index >= 15 is 0 Å². The van der Waals surface area contributed by atoms with Crippen LogP contribution in [0.5, 0.6) is 0 Å². The Morgan fingerprint density at radius 3 is 1.79 bits per heavy atom. The van der Waals surface area contributed by atoms with Gasteiger partial charge in [0.1, 0.15) is 0 Å². The fraction of sp³-hybridized carbons (Fsp3) is 1.00. The van der Waals surface area contributed by atoms with E-state index in [1.54, 1.807) is 7.11 Å². The highest BCUT2D eigenvalue weighted by Gasteiger charge is 2.22. The summed E-state index contributed by atoms with van der Waals surface area (Å²) in [6, 6.07) is 0. The first-order valence-corrected chi connectivity index (χ1v) is 9.94. The monoisotopic (exact) mass is 256 g/mol. The van der Waals surface area contributed by atoms with Crippen molar-refractivity contribution in [3.8, 4) is 0 Å². The first-order chi connectivity index (χ1) is 6.68. The van der Waals surface area contributed by atoms with Crippen molar-refractivity contribution in [3.63, 3.8) is 0 Å². The highest BCUT2D eigenvalue weighted by molar-refractivity contribution is 8.89. The van der Waals surface area contributed by atoms with Crippen LogP contribution in [0.4, 0.5) is 0 Å². The van der Waals surface area contributed by atoms with Crippen LogP contribution in [-0.4, -0.2) is 18.6 Å². The van der Waals surface area contributed by atoms with Crippen LogP contribution < -0.4 is 0 Å². The lowest BCUT2D eigenvalue weighted by Crippen LogP contribution is -1.83. The summed E-state index contributed by atoms with van der Waals surface area (Å²) in [5, 5.41) is 0. The lowest BCUT2D eigenvalue weighted by molar-refractivity contribution is 0.424. The number of hydrogen-bond donors (Lipinski definition) is 0. The summed E-state index contributed by atoms with van der Waals surface area (Å²) in [5.74, 6) is -0.536. The fourth-order valence-corrected chi connectivity index (χ4v) is 7.34. The molecule has 0 aromatic carbocycles. The Morgan fingerprint density at radius 1 is 1.07 bits per heavy atom. The maximum absolute atomic E-state index is 12.0. The average molecular weight is 256 g/mol. The maximum Gasteiger partial charge on any atom is 0.312 e. The van der Waals surface area contributed by atoms with Crippen molar-refractivity contribution in [2.24, 2.45) is 0 Å². The molecule has 0 N–H and O–H groups in total. The largest absolute Gasteiger partial charge is 0.317 e. The second-order valence-corrected chi connectivity index (χ2v) is 10.7. The van der Waals surface area contributed by atoms with Gasteiger partial charge in [-0.15, -0.1) is 0 Å². The highest BCUT2D eigenvalue weighted by atomic mass is 33.1. The molecule has 0 fully saturated rings. The quantitative estimate of drug-likeness (QED) is 0.437. The van der Waals surface area contributed by atoms with Crippen LogP contribution >= 0.6 is 28.5 Å². The topological polar surface area (TPSA) is 26.3 Å². The van der Waals surface area contributed by atoms with Crippen molar-refractivity contribution in [1.82, 2.24) is 0 Å². The van der Waals surface area contributed by atoms with Crippen molar-refractivity contribution in [3.05, 3.63) is 0 Å². The zero-order valence-corrected chi connectivity index (χ0v) is 11.9. The van der Waals surface area contributed by atoms with Gasteiger partial charge in [0.05, 0.1) is 0 Å². The van der Waals surface area contributed by atoms with E-state index in [1.165, 1.54) is 22.8 Å². The SMILES string of the molecule is CCCCSP(=O)(OC)SCCCC. The number of hydrogen-bond acceptors (Lipinski definition) is 4. The summed E-state index contributed by atoms with van der Waals surface area (Å²) in [7, 11) is 1.55. The molecule has 0 spiro atoms. The molecule has 0 saturated carbocycles. The van der Waals surface area contributed by atoms with Crippen molar-refractivity contribution in [1.29, 1.82) is 0 Å². The number of rotatable bonds is 9. The molecule has 0 rings (SSSR count). The molecule has 14 heavy (non-hydrogen) atoms. The normalized spacial score (nSPS) is 11.9. The van der Waals surface area contributed by atoms with Gasteiger partial charge in [-0.2, -0.15) is 0 Å². The van der Waals surface area contributed by atoms with Gasteiger partial charge in [-0.1, -0.05) is 49.5 Å². The van der Waals surface area contributed by atoms with E-state index in [1.807, 2.05) is 0 Å². The molecule has 0 atom stereocenters. The maximum atomic E-state index is 12.0. The molecule has 0 bridgehead atoms. The molecule has 0 radical (unpaired) electrons.